The predicted octanol–water partition coefficient (Wildman–Crippen LogP) is 0.439. The largest absolute Gasteiger partial charge is 0.345 e. The Bertz CT molecular complexity index is 778. The van der Waals surface area contributed by atoms with E-state index in [0.717, 1.165) is 28.2 Å². The number of fused-ring (bicyclic) bond motifs is 1. The van der Waals surface area contributed by atoms with Gasteiger partial charge in [0.15, 0.2) is 0 Å². The molecule has 1 aromatic heterocycles. The molecule has 2 saturated heterocycles. The lowest BCUT2D eigenvalue weighted by atomic mass is 10.1. The van der Waals surface area contributed by atoms with E-state index in [1.54, 1.807) is 18.1 Å². The maximum Gasteiger partial charge on any atom is 0.240 e. The Hall–Kier alpha value is -2.06. The highest BCUT2D eigenvalue weighted by Crippen LogP contribution is 2.15. The summed E-state index contributed by atoms with van der Waals surface area (Å²) < 4.78 is 0. The molecule has 7 nitrogen and oxygen atoms in total. The van der Waals surface area contributed by atoms with Crippen molar-refractivity contribution in [1.29, 1.82) is 0 Å². The van der Waals surface area contributed by atoms with Crippen LogP contribution in [-0.2, 0) is 16.0 Å². The van der Waals surface area contributed by atoms with Crippen LogP contribution in [0.4, 0.5) is 0 Å². The summed E-state index contributed by atoms with van der Waals surface area (Å²) in [5.41, 5.74) is 2.83. The van der Waals surface area contributed by atoms with Crippen molar-refractivity contribution in [2.45, 2.75) is 12.5 Å². The van der Waals surface area contributed by atoms with E-state index in [2.05, 4.69) is 15.3 Å². The van der Waals surface area contributed by atoms with E-state index in [-0.39, 0.29) is 17.9 Å². The fourth-order valence-corrected chi connectivity index (χ4v) is 4.26. The Morgan fingerprint density at radius 2 is 2.00 bits per heavy atom. The van der Waals surface area contributed by atoms with Gasteiger partial charge in [-0.25, -0.2) is 4.98 Å². The van der Waals surface area contributed by atoms with Crippen LogP contribution >= 0.6 is 11.8 Å². The maximum atomic E-state index is 12.6. The first-order chi connectivity index (χ1) is 12.2. The number of carbonyl (C=O) groups excluding carboxylic acids is 2. The van der Waals surface area contributed by atoms with Gasteiger partial charge >= 0.3 is 0 Å². The molecule has 4 rings (SSSR count). The molecule has 2 aliphatic rings. The Balaban J connectivity index is 1.32. The number of piperazine rings is 1. The van der Waals surface area contributed by atoms with E-state index in [0.29, 0.717) is 32.6 Å². The van der Waals surface area contributed by atoms with Gasteiger partial charge in [-0.2, -0.15) is 0 Å². The average molecular weight is 359 g/mol. The van der Waals surface area contributed by atoms with Crippen molar-refractivity contribution >= 4 is 34.6 Å². The van der Waals surface area contributed by atoms with Gasteiger partial charge in [-0.05, 0) is 17.7 Å². The normalized spacial score (nSPS) is 21.0. The molecule has 2 N–H and O–H groups in total. The molecular formula is C17H21N5O2S. The quantitative estimate of drug-likeness (QED) is 0.831. The van der Waals surface area contributed by atoms with Gasteiger partial charge in [-0.15, -0.1) is 11.8 Å². The third-order valence-electron chi connectivity index (χ3n) is 4.80. The van der Waals surface area contributed by atoms with Crippen molar-refractivity contribution in [3.8, 4) is 0 Å². The molecule has 132 valence electrons. The molecule has 0 radical (unpaired) electrons. The number of aromatic amines is 1. The minimum Gasteiger partial charge on any atom is -0.345 e. The van der Waals surface area contributed by atoms with Gasteiger partial charge < -0.3 is 14.8 Å². The topological polar surface area (TPSA) is 81.3 Å². The van der Waals surface area contributed by atoms with Gasteiger partial charge in [0.1, 0.15) is 0 Å². The second kappa shape index (κ2) is 7.05. The number of imidazole rings is 1. The molecule has 2 amide bonds. The number of rotatable bonds is 3. The number of thioether (sulfide) groups is 1. The molecule has 8 heteroatoms. The number of H-pyrrole nitrogens is 1. The molecule has 25 heavy (non-hydrogen) atoms. The third-order valence-corrected chi connectivity index (χ3v) is 5.74. The van der Waals surface area contributed by atoms with Crippen LogP contribution in [0.3, 0.4) is 0 Å². The van der Waals surface area contributed by atoms with Crippen LogP contribution in [0.15, 0.2) is 24.5 Å². The molecule has 0 aliphatic carbocycles. The van der Waals surface area contributed by atoms with Crippen molar-refractivity contribution in [1.82, 2.24) is 25.1 Å². The zero-order chi connectivity index (χ0) is 17.2. The van der Waals surface area contributed by atoms with Gasteiger partial charge in [-0.1, -0.05) is 6.07 Å². The summed E-state index contributed by atoms with van der Waals surface area (Å²) in [5, 5.41) is 3.22. The summed E-state index contributed by atoms with van der Waals surface area (Å²) in [6.45, 7) is 2.45. The number of benzene rings is 1. The molecule has 3 heterocycles. The number of hydrogen-bond donors (Lipinski definition) is 2. The van der Waals surface area contributed by atoms with Crippen molar-refractivity contribution in [3.05, 3.63) is 30.1 Å². The maximum absolute atomic E-state index is 12.6. The lowest BCUT2D eigenvalue weighted by Gasteiger charge is -2.36. The predicted molar refractivity (Wildman–Crippen MR) is 97.2 cm³/mol. The highest BCUT2D eigenvalue weighted by molar-refractivity contribution is 7.99. The zero-order valence-corrected chi connectivity index (χ0v) is 14.7. The van der Waals surface area contributed by atoms with Gasteiger partial charge in [0.2, 0.25) is 11.8 Å². The number of hydrogen-bond acceptors (Lipinski definition) is 5. The standard InChI is InChI=1S/C17H21N5O2S/c23-16(8-12-1-2-13-14(7-12)19-10-18-13)21-3-5-22(6-4-21)17(24)15-9-25-11-20-15/h1-2,7,10,15,20H,3-6,8-9,11H2,(H,18,19). The molecule has 0 bridgehead atoms. The summed E-state index contributed by atoms with van der Waals surface area (Å²) in [5.74, 6) is 1.96. The minimum atomic E-state index is -0.0617. The number of carbonyl (C=O) groups is 2. The molecule has 2 aromatic rings. The second-order valence-electron chi connectivity index (χ2n) is 6.41. The molecule has 1 unspecified atom stereocenters. The first kappa shape index (κ1) is 16.4. The average Bonchev–Trinajstić information content (AvgIpc) is 3.32. The number of aromatic nitrogens is 2. The van der Waals surface area contributed by atoms with E-state index in [1.165, 1.54) is 0 Å². The highest BCUT2D eigenvalue weighted by Gasteiger charge is 2.30. The first-order valence-corrected chi connectivity index (χ1v) is 9.66. The molecule has 1 aromatic carbocycles. The Morgan fingerprint density at radius 1 is 1.20 bits per heavy atom. The SMILES string of the molecule is O=C(Cc1ccc2nc[nH]c2c1)N1CCN(C(=O)C2CSCN2)CC1. The summed E-state index contributed by atoms with van der Waals surface area (Å²) >= 11 is 1.75. The van der Waals surface area contributed by atoms with Crippen LogP contribution < -0.4 is 5.32 Å². The Kier molecular flexibility index (Phi) is 4.63. The van der Waals surface area contributed by atoms with E-state index in [9.17, 15) is 9.59 Å². The molecular weight excluding hydrogens is 338 g/mol. The van der Waals surface area contributed by atoms with Gasteiger partial charge in [-0.3, -0.25) is 14.9 Å². The van der Waals surface area contributed by atoms with Crippen LogP contribution in [0.1, 0.15) is 5.56 Å². The minimum absolute atomic E-state index is 0.0617. The number of nitrogens with zero attached hydrogens (tertiary/aromatic N) is 3. The lowest BCUT2D eigenvalue weighted by Crippen LogP contribution is -2.54. The fourth-order valence-electron chi connectivity index (χ4n) is 3.33. The summed E-state index contributed by atoms with van der Waals surface area (Å²) in [4.78, 5) is 36.0. The van der Waals surface area contributed by atoms with Crippen LogP contribution in [0, 0.1) is 0 Å². The van der Waals surface area contributed by atoms with Crippen LogP contribution in [-0.4, -0.2) is 75.4 Å². The van der Waals surface area contributed by atoms with Crippen molar-refractivity contribution < 1.29 is 9.59 Å². The Labute approximate surface area is 150 Å². The molecule has 2 aliphatic heterocycles. The van der Waals surface area contributed by atoms with Gasteiger partial charge in [0, 0.05) is 37.8 Å². The molecule has 2 fully saturated rings. The molecule has 0 saturated carbocycles. The first-order valence-electron chi connectivity index (χ1n) is 8.50. The second-order valence-corrected chi connectivity index (χ2v) is 7.44. The summed E-state index contributed by atoms with van der Waals surface area (Å²) in [6.07, 6.45) is 2.04. The van der Waals surface area contributed by atoms with E-state index in [4.69, 9.17) is 0 Å². The van der Waals surface area contributed by atoms with Crippen LogP contribution in [0.2, 0.25) is 0 Å². The lowest BCUT2D eigenvalue weighted by molar-refractivity contribution is -0.140. The molecule has 0 spiro atoms. The number of nitrogens with one attached hydrogen (secondary N) is 2. The van der Waals surface area contributed by atoms with Gasteiger partial charge in [0.05, 0.1) is 29.8 Å². The van der Waals surface area contributed by atoms with Crippen LogP contribution in [0.5, 0.6) is 0 Å². The third kappa shape index (κ3) is 3.50. The monoisotopic (exact) mass is 359 g/mol. The van der Waals surface area contributed by atoms with Crippen molar-refractivity contribution in [3.63, 3.8) is 0 Å². The molecule has 1 atom stereocenters. The van der Waals surface area contributed by atoms with Crippen molar-refractivity contribution in [2.75, 3.05) is 37.8 Å². The Morgan fingerprint density at radius 3 is 2.76 bits per heavy atom. The van der Waals surface area contributed by atoms with E-state index < -0.39 is 0 Å². The smallest absolute Gasteiger partial charge is 0.240 e. The fraction of sp³-hybridized carbons (Fsp3) is 0.471. The number of amides is 2. The van der Waals surface area contributed by atoms with E-state index in [1.807, 2.05) is 28.0 Å². The van der Waals surface area contributed by atoms with Crippen LogP contribution in [0.25, 0.3) is 11.0 Å². The summed E-state index contributed by atoms with van der Waals surface area (Å²) in [6, 6.07) is 5.79. The van der Waals surface area contributed by atoms with Gasteiger partial charge in [0.25, 0.3) is 0 Å². The summed E-state index contributed by atoms with van der Waals surface area (Å²) in [7, 11) is 0. The van der Waals surface area contributed by atoms with Crippen molar-refractivity contribution in [2.24, 2.45) is 0 Å². The highest BCUT2D eigenvalue weighted by atomic mass is 32.2. The van der Waals surface area contributed by atoms with E-state index >= 15 is 0 Å². The zero-order valence-electron chi connectivity index (χ0n) is 13.9.